The van der Waals surface area contributed by atoms with Crippen molar-refractivity contribution in [1.29, 1.82) is 5.26 Å². The van der Waals surface area contributed by atoms with Crippen LogP contribution in [0.15, 0.2) is 58.2 Å². The lowest BCUT2D eigenvalue weighted by Gasteiger charge is -2.13. The summed E-state index contributed by atoms with van der Waals surface area (Å²) < 4.78 is 5.67. The summed E-state index contributed by atoms with van der Waals surface area (Å²) in [5.41, 5.74) is 2.42. The number of nitrogens with one attached hydrogen (secondary N) is 1. The van der Waals surface area contributed by atoms with Gasteiger partial charge in [-0.05, 0) is 30.7 Å². The lowest BCUT2D eigenvalue weighted by Crippen LogP contribution is -2.25. The summed E-state index contributed by atoms with van der Waals surface area (Å²) in [5, 5.41) is 12.0. The lowest BCUT2D eigenvalue weighted by atomic mass is 10.2. The molecule has 0 bridgehead atoms. The molecule has 1 atom stereocenters. The Kier molecular flexibility index (Phi) is 4.82. The van der Waals surface area contributed by atoms with Gasteiger partial charge < -0.3 is 9.73 Å². The summed E-state index contributed by atoms with van der Waals surface area (Å²) in [4.78, 5) is 16.9. The molecule has 5 nitrogen and oxygen atoms in total. The van der Waals surface area contributed by atoms with E-state index in [2.05, 4.69) is 16.4 Å². The van der Waals surface area contributed by atoms with Crippen LogP contribution in [-0.2, 0) is 4.79 Å². The van der Waals surface area contributed by atoms with Crippen molar-refractivity contribution >= 4 is 34.5 Å². The molecule has 0 spiro atoms. The number of amides is 1. The number of thioether (sulfide) groups is 1. The summed E-state index contributed by atoms with van der Waals surface area (Å²) in [6.07, 6.45) is 0.615. The van der Waals surface area contributed by atoms with E-state index in [9.17, 15) is 4.79 Å². The Bertz CT molecular complexity index is 881. The molecule has 1 amide bonds. The fraction of sp³-hybridized carbons (Fsp3) is 0.167. The van der Waals surface area contributed by atoms with Crippen molar-refractivity contribution in [3.63, 3.8) is 0 Å². The van der Waals surface area contributed by atoms with Gasteiger partial charge >= 0.3 is 0 Å². The van der Waals surface area contributed by atoms with Crippen molar-refractivity contribution in [2.75, 3.05) is 5.32 Å². The van der Waals surface area contributed by atoms with Gasteiger partial charge in [-0.1, -0.05) is 43.0 Å². The van der Waals surface area contributed by atoms with Crippen LogP contribution >= 0.6 is 11.8 Å². The van der Waals surface area contributed by atoms with Crippen molar-refractivity contribution in [3.8, 4) is 6.07 Å². The Morgan fingerprint density at radius 1 is 1.29 bits per heavy atom. The number of oxazole rings is 1. The Hall–Kier alpha value is -2.78. The predicted molar refractivity (Wildman–Crippen MR) is 93.7 cm³/mol. The molecular weight excluding hydrogens is 322 g/mol. The third-order valence-electron chi connectivity index (χ3n) is 3.49. The largest absolute Gasteiger partial charge is 0.431 e. The zero-order valence-electron chi connectivity index (χ0n) is 13.0. The third kappa shape index (κ3) is 3.42. The smallest absolute Gasteiger partial charge is 0.257 e. The number of nitriles is 1. The van der Waals surface area contributed by atoms with Crippen LogP contribution in [0.2, 0.25) is 0 Å². The Morgan fingerprint density at radius 3 is 2.79 bits per heavy atom. The number of carbonyl (C=O) groups is 1. The summed E-state index contributed by atoms with van der Waals surface area (Å²) >= 11 is 1.28. The molecule has 2 aromatic carbocycles. The number of benzene rings is 2. The molecule has 1 aromatic heterocycles. The van der Waals surface area contributed by atoms with Gasteiger partial charge in [-0.15, -0.1) is 0 Å². The number of nitrogens with zero attached hydrogens (tertiary/aromatic N) is 2. The van der Waals surface area contributed by atoms with Gasteiger partial charge in [0.15, 0.2) is 5.58 Å². The van der Waals surface area contributed by atoms with Crippen LogP contribution in [0.4, 0.5) is 5.69 Å². The second kappa shape index (κ2) is 7.20. The molecule has 0 radical (unpaired) electrons. The standard InChI is InChI=1S/C18H15N3O2S/c1-2-16(17(22)20-13-8-4-3-7-12(13)11-19)24-18-21-14-9-5-6-10-15(14)23-18/h3-10,16H,2H2,1H3,(H,20,22). The first-order valence-corrected chi connectivity index (χ1v) is 8.41. The highest BCUT2D eigenvalue weighted by Gasteiger charge is 2.21. The molecule has 0 saturated heterocycles. The van der Waals surface area contributed by atoms with Crippen LogP contribution in [0.3, 0.4) is 0 Å². The maximum absolute atomic E-state index is 12.5. The molecule has 24 heavy (non-hydrogen) atoms. The molecule has 0 aliphatic rings. The van der Waals surface area contributed by atoms with E-state index in [-0.39, 0.29) is 11.2 Å². The van der Waals surface area contributed by atoms with Crippen molar-refractivity contribution < 1.29 is 9.21 Å². The summed E-state index contributed by atoms with van der Waals surface area (Å²) in [7, 11) is 0. The third-order valence-corrected chi connectivity index (χ3v) is 4.69. The minimum Gasteiger partial charge on any atom is -0.431 e. The van der Waals surface area contributed by atoms with Gasteiger partial charge in [0.2, 0.25) is 5.91 Å². The number of anilines is 1. The van der Waals surface area contributed by atoms with E-state index >= 15 is 0 Å². The normalized spacial score (nSPS) is 11.8. The topological polar surface area (TPSA) is 78.9 Å². The lowest BCUT2D eigenvalue weighted by molar-refractivity contribution is -0.115. The molecule has 0 aliphatic heterocycles. The van der Waals surface area contributed by atoms with Gasteiger partial charge in [0.1, 0.15) is 11.6 Å². The molecule has 120 valence electrons. The van der Waals surface area contributed by atoms with E-state index in [1.807, 2.05) is 31.2 Å². The number of rotatable bonds is 5. The van der Waals surface area contributed by atoms with Gasteiger partial charge in [-0.3, -0.25) is 4.79 Å². The maximum Gasteiger partial charge on any atom is 0.257 e. The Balaban J connectivity index is 1.75. The van der Waals surface area contributed by atoms with Crippen LogP contribution in [0.25, 0.3) is 11.1 Å². The molecule has 3 aromatic rings. The van der Waals surface area contributed by atoms with Gasteiger partial charge in [-0.25, -0.2) is 4.98 Å². The Morgan fingerprint density at radius 2 is 2.04 bits per heavy atom. The van der Waals surface area contributed by atoms with Crippen LogP contribution < -0.4 is 5.32 Å². The maximum atomic E-state index is 12.5. The number of hydrogen-bond donors (Lipinski definition) is 1. The summed E-state index contributed by atoms with van der Waals surface area (Å²) in [5.74, 6) is -0.174. The monoisotopic (exact) mass is 337 g/mol. The van der Waals surface area contributed by atoms with Crippen molar-refractivity contribution in [2.24, 2.45) is 0 Å². The minimum absolute atomic E-state index is 0.174. The highest BCUT2D eigenvalue weighted by atomic mass is 32.2. The molecule has 0 fully saturated rings. The van der Waals surface area contributed by atoms with E-state index in [1.54, 1.807) is 24.3 Å². The zero-order chi connectivity index (χ0) is 16.9. The molecule has 0 aliphatic carbocycles. The number of fused-ring (bicyclic) bond motifs is 1. The molecule has 1 heterocycles. The first-order valence-electron chi connectivity index (χ1n) is 7.53. The first-order chi connectivity index (χ1) is 11.7. The molecule has 3 rings (SSSR count). The summed E-state index contributed by atoms with van der Waals surface area (Å²) in [6, 6.07) is 16.5. The van der Waals surface area contributed by atoms with Gasteiger partial charge in [-0.2, -0.15) is 5.26 Å². The molecule has 0 saturated carbocycles. The van der Waals surface area contributed by atoms with Crippen LogP contribution in [0.5, 0.6) is 0 Å². The van der Waals surface area contributed by atoms with Crippen molar-refractivity contribution in [1.82, 2.24) is 4.98 Å². The summed E-state index contributed by atoms with van der Waals surface area (Å²) in [6.45, 7) is 1.93. The fourth-order valence-corrected chi connectivity index (χ4v) is 3.11. The molecule has 1 unspecified atom stereocenters. The number of hydrogen-bond acceptors (Lipinski definition) is 5. The molecule has 1 N–H and O–H groups in total. The number of aromatic nitrogens is 1. The Labute approximate surface area is 143 Å². The highest BCUT2D eigenvalue weighted by molar-refractivity contribution is 8.00. The van der Waals surface area contributed by atoms with Crippen molar-refractivity contribution in [3.05, 3.63) is 54.1 Å². The first kappa shape index (κ1) is 16.1. The van der Waals surface area contributed by atoms with Crippen molar-refractivity contribution in [2.45, 2.75) is 23.8 Å². The number of carbonyl (C=O) groups excluding carboxylic acids is 1. The highest BCUT2D eigenvalue weighted by Crippen LogP contribution is 2.29. The van der Waals surface area contributed by atoms with Gasteiger partial charge in [0.05, 0.1) is 16.5 Å². The fourth-order valence-electron chi connectivity index (χ4n) is 2.25. The van der Waals surface area contributed by atoms with E-state index < -0.39 is 0 Å². The molecular formula is C18H15N3O2S. The zero-order valence-corrected chi connectivity index (χ0v) is 13.8. The number of para-hydroxylation sites is 3. The van der Waals surface area contributed by atoms with E-state index in [0.29, 0.717) is 28.5 Å². The average molecular weight is 337 g/mol. The van der Waals surface area contributed by atoms with E-state index in [4.69, 9.17) is 9.68 Å². The molecule has 6 heteroatoms. The van der Waals surface area contributed by atoms with Gasteiger partial charge in [0, 0.05) is 0 Å². The second-order valence-corrected chi connectivity index (χ2v) is 6.26. The minimum atomic E-state index is -0.357. The quantitative estimate of drug-likeness (QED) is 0.706. The van der Waals surface area contributed by atoms with E-state index in [0.717, 1.165) is 5.52 Å². The predicted octanol–water partition coefficient (Wildman–Crippen LogP) is 4.21. The SMILES string of the molecule is CCC(Sc1nc2ccccc2o1)C(=O)Nc1ccccc1C#N. The average Bonchev–Trinajstić information content (AvgIpc) is 3.02. The second-order valence-electron chi connectivity index (χ2n) is 5.11. The van der Waals surface area contributed by atoms with Crippen LogP contribution in [0.1, 0.15) is 18.9 Å². The van der Waals surface area contributed by atoms with Crippen LogP contribution in [0, 0.1) is 11.3 Å². The van der Waals surface area contributed by atoms with Crippen LogP contribution in [-0.4, -0.2) is 16.1 Å². The van der Waals surface area contributed by atoms with E-state index in [1.165, 1.54) is 11.8 Å². The van der Waals surface area contributed by atoms with Gasteiger partial charge in [0.25, 0.3) is 5.22 Å².